The number of para-hydroxylation sites is 1. The van der Waals surface area contributed by atoms with E-state index in [0.29, 0.717) is 6.17 Å². The molecule has 3 aliphatic heterocycles. The maximum absolute atomic E-state index is 2.69. The first-order valence-corrected chi connectivity index (χ1v) is 10.1. The van der Waals surface area contributed by atoms with E-state index in [2.05, 4.69) is 92.4 Å². The van der Waals surface area contributed by atoms with Gasteiger partial charge in [-0.05, 0) is 36.5 Å². The Morgan fingerprint density at radius 3 is 2.31 bits per heavy atom. The first-order chi connectivity index (χ1) is 12.6. The Hall–Kier alpha value is -2.22. The van der Waals surface area contributed by atoms with Gasteiger partial charge in [0.05, 0.1) is 11.2 Å². The molecule has 2 aromatic carbocycles. The first kappa shape index (κ1) is 16.0. The van der Waals surface area contributed by atoms with Crippen LogP contribution in [0.1, 0.15) is 64.3 Å². The molecule has 2 nitrogen and oxygen atoms in total. The van der Waals surface area contributed by atoms with E-state index in [0.717, 1.165) is 19.3 Å². The molecule has 0 aromatic heterocycles. The van der Waals surface area contributed by atoms with Gasteiger partial charge in [-0.25, -0.2) is 0 Å². The molecule has 2 unspecified atom stereocenters. The second-order valence-electron chi connectivity index (χ2n) is 8.19. The second kappa shape index (κ2) is 5.16. The lowest BCUT2D eigenvalue weighted by Crippen LogP contribution is -2.63. The first-order valence-electron chi connectivity index (χ1n) is 10.1. The third-order valence-electron chi connectivity index (χ3n) is 7.74. The van der Waals surface area contributed by atoms with E-state index >= 15 is 0 Å². The van der Waals surface area contributed by atoms with E-state index < -0.39 is 0 Å². The molecule has 134 valence electrons. The Morgan fingerprint density at radius 2 is 1.58 bits per heavy atom. The van der Waals surface area contributed by atoms with Crippen molar-refractivity contribution >= 4 is 5.69 Å². The fourth-order valence-electron chi connectivity index (χ4n) is 6.24. The molecule has 0 saturated heterocycles. The summed E-state index contributed by atoms with van der Waals surface area (Å²) in [5, 5.41) is 0. The molecule has 0 radical (unpaired) electrons. The van der Waals surface area contributed by atoms with Crippen LogP contribution in [0.3, 0.4) is 0 Å². The van der Waals surface area contributed by atoms with Gasteiger partial charge in [-0.2, -0.15) is 0 Å². The molecule has 2 aromatic rings. The molecule has 2 atom stereocenters. The van der Waals surface area contributed by atoms with Gasteiger partial charge in [0.2, 0.25) is 0 Å². The molecule has 0 amide bonds. The lowest BCUT2D eigenvalue weighted by atomic mass is 9.57. The molecule has 26 heavy (non-hydrogen) atoms. The molecule has 0 saturated carbocycles. The van der Waals surface area contributed by atoms with Gasteiger partial charge in [0, 0.05) is 28.9 Å². The summed E-state index contributed by atoms with van der Waals surface area (Å²) >= 11 is 0. The Morgan fingerprint density at radius 1 is 0.846 bits per heavy atom. The van der Waals surface area contributed by atoms with Crippen molar-refractivity contribution in [2.45, 2.75) is 64.1 Å². The maximum atomic E-state index is 2.69. The SMILES string of the molecule is CCC1(C)c2cccc3c2C2N(C=CN2C1(CC)CC)c1ccccc1-3. The molecular formula is C24H28N2. The van der Waals surface area contributed by atoms with Gasteiger partial charge in [-0.3, -0.25) is 0 Å². The van der Waals surface area contributed by atoms with Gasteiger partial charge in [-0.15, -0.1) is 0 Å². The van der Waals surface area contributed by atoms with Crippen LogP contribution in [0.25, 0.3) is 11.1 Å². The zero-order valence-corrected chi connectivity index (χ0v) is 16.3. The van der Waals surface area contributed by atoms with Crippen molar-refractivity contribution in [2.24, 2.45) is 0 Å². The van der Waals surface area contributed by atoms with E-state index in [9.17, 15) is 0 Å². The Kier molecular flexibility index (Phi) is 3.17. The van der Waals surface area contributed by atoms with Crippen LogP contribution < -0.4 is 4.90 Å². The van der Waals surface area contributed by atoms with Crippen LogP contribution in [-0.4, -0.2) is 10.4 Å². The number of hydrogen-bond donors (Lipinski definition) is 0. The molecule has 0 fully saturated rings. The zero-order valence-electron chi connectivity index (χ0n) is 16.3. The zero-order chi connectivity index (χ0) is 18.1. The minimum Gasteiger partial charge on any atom is -0.345 e. The summed E-state index contributed by atoms with van der Waals surface area (Å²) in [6.07, 6.45) is 8.46. The van der Waals surface area contributed by atoms with E-state index in [1.165, 1.54) is 22.4 Å². The normalized spacial score (nSPS) is 26.7. The number of fused-ring (bicyclic) bond motifs is 3. The lowest BCUT2D eigenvalue weighted by Gasteiger charge is -2.61. The van der Waals surface area contributed by atoms with Crippen LogP contribution in [0, 0.1) is 0 Å². The Bertz CT molecular complexity index is 908. The van der Waals surface area contributed by atoms with E-state index in [1.807, 2.05) is 0 Å². The predicted octanol–water partition coefficient (Wildman–Crippen LogP) is 6.20. The average Bonchev–Trinajstić information content (AvgIpc) is 3.14. The molecule has 2 heteroatoms. The summed E-state index contributed by atoms with van der Waals surface area (Å²) in [7, 11) is 0. The summed E-state index contributed by atoms with van der Waals surface area (Å²) in [6.45, 7) is 9.62. The molecule has 0 bridgehead atoms. The topological polar surface area (TPSA) is 6.48 Å². The molecule has 0 N–H and O–H groups in total. The minimum absolute atomic E-state index is 0.144. The highest BCUT2D eigenvalue weighted by Gasteiger charge is 2.59. The predicted molar refractivity (Wildman–Crippen MR) is 109 cm³/mol. The molecular weight excluding hydrogens is 316 g/mol. The number of benzene rings is 2. The van der Waals surface area contributed by atoms with Gasteiger partial charge in [-0.1, -0.05) is 64.1 Å². The van der Waals surface area contributed by atoms with Crippen LogP contribution in [0.5, 0.6) is 0 Å². The van der Waals surface area contributed by atoms with Gasteiger partial charge < -0.3 is 9.80 Å². The van der Waals surface area contributed by atoms with Crippen molar-refractivity contribution in [2.75, 3.05) is 4.90 Å². The monoisotopic (exact) mass is 344 g/mol. The highest BCUT2D eigenvalue weighted by atomic mass is 15.4. The van der Waals surface area contributed by atoms with Crippen molar-refractivity contribution in [1.82, 2.24) is 4.90 Å². The summed E-state index contributed by atoms with van der Waals surface area (Å²) in [4.78, 5) is 5.19. The number of hydrogen-bond acceptors (Lipinski definition) is 2. The van der Waals surface area contributed by atoms with Gasteiger partial charge in [0.1, 0.15) is 6.17 Å². The Balaban J connectivity index is 1.91. The van der Waals surface area contributed by atoms with Crippen molar-refractivity contribution in [3.8, 4) is 11.1 Å². The van der Waals surface area contributed by atoms with Crippen LogP contribution in [0.4, 0.5) is 5.69 Å². The molecule has 5 rings (SSSR count). The van der Waals surface area contributed by atoms with Crippen molar-refractivity contribution < 1.29 is 0 Å². The molecule has 0 aliphatic carbocycles. The standard InChI is InChI=1S/C24H28N2/c1-5-23(4)19-13-10-12-18-17-11-8-9-14-20(17)25-15-16-26(22(25)21(18)19)24(23,6-2)7-3/h8-16,22H,5-7H2,1-4H3. The highest BCUT2D eigenvalue weighted by Crippen LogP contribution is 2.61. The third kappa shape index (κ3) is 1.55. The fourth-order valence-corrected chi connectivity index (χ4v) is 6.24. The smallest absolute Gasteiger partial charge is 0.133 e. The van der Waals surface area contributed by atoms with E-state index in [-0.39, 0.29) is 11.0 Å². The average molecular weight is 345 g/mol. The van der Waals surface area contributed by atoms with Crippen LogP contribution in [-0.2, 0) is 5.41 Å². The van der Waals surface area contributed by atoms with Crippen LogP contribution >= 0.6 is 0 Å². The largest absolute Gasteiger partial charge is 0.345 e. The van der Waals surface area contributed by atoms with Gasteiger partial charge >= 0.3 is 0 Å². The van der Waals surface area contributed by atoms with Crippen molar-refractivity contribution in [3.63, 3.8) is 0 Å². The molecule has 0 spiro atoms. The number of anilines is 1. The second-order valence-corrected chi connectivity index (χ2v) is 8.19. The quantitative estimate of drug-likeness (QED) is 0.654. The third-order valence-corrected chi connectivity index (χ3v) is 7.74. The molecule has 3 aliphatic rings. The number of rotatable bonds is 3. The lowest BCUT2D eigenvalue weighted by molar-refractivity contribution is 0.00294. The number of nitrogens with zero attached hydrogens (tertiary/aromatic N) is 2. The minimum atomic E-state index is 0.144. The summed E-state index contributed by atoms with van der Waals surface area (Å²) in [5.74, 6) is 0. The highest BCUT2D eigenvalue weighted by molar-refractivity contribution is 5.87. The van der Waals surface area contributed by atoms with Gasteiger partial charge in [0.25, 0.3) is 0 Å². The Labute approximate surface area is 157 Å². The van der Waals surface area contributed by atoms with Crippen molar-refractivity contribution in [3.05, 3.63) is 66.0 Å². The van der Waals surface area contributed by atoms with Crippen LogP contribution in [0.2, 0.25) is 0 Å². The van der Waals surface area contributed by atoms with Crippen molar-refractivity contribution in [1.29, 1.82) is 0 Å². The maximum Gasteiger partial charge on any atom is 0.133 e. The van der Waals surface area contributed by atoms with E-state index in [1.54, 1.807) is 5.56 Å². The van der Waals surface area contributed by atoms with Crippen LogP contribution in [0.15, 0.2) is 54.9 Å². The van der Waals surface area contributed by atoms with Gasteiger partial charge in [0.15, 0.2) is 0 Å². The summed E-state index contributed by atoms with van der Waals surface area (Å²) < 4.78 is 0. The summed E-state index contributed by atoms with van der Waals surface area (Å²) in [5.41, 5.74) is 7.51. The fraction of sp³-hybridized carbons (Fsp3) is 0.417. The molecule has 3 heterocycles. The summed E-state index contributed by atoms with van der Waals surface area (Å²) in [6, 6.07) is 15.9. The van der Waals surface area contributed by atoms with E-state index in [4.69, 9.17) is 0 Å².